The topological polar surface area (TPSA) is 41.6 Å². The summed E-state index contributed by atoms with van der Waals surface area (Å²) in [6, 6.07) is 10.1. The summed E-state index contributed by atoms with van der Waals surface area (Å²) in [4.78, 5) is 13.9. The highest BCUT2D eigenvalue weighted by Gasteiger charge is 2.29. The van der Waals surface area contributed by atoms with Crippen molar-refractivity contribution in [1.29, 1.82) is 0 Å². The SMILES string of the molecule is C[C@H]1CNC[C@H](C)N1C(=O)OCc1ccccc1. The summed E-state index contributed by atoms with van der Waals surface area (Å²) in [6.07, 6.45) is -0.222. The van der Waals surface area contributed by atoms with Crippen molar-refractivity contribution in [3.63, 3.8) is 0 Å². The molecule has 1 aromatic carbocycles. The second-order valence-electron chi connectivity index (χ2n) is 4.80. The maximum Gasteiger partial charge on any atom is 0.410 e. The Morgan fingerprint density at radius 3 is 2.50 bits per heavy atom. The molecule has 4 nitrogen and oxygen atoms in total. The second kappa shape index (κ2) is 5.87. The number of carbonyl (C=O) groups is 1. The Labute approximate surface area is 108 Å². The van der Waals surface area contributed by atoms with Crippen LogP contribution in [0.2, 0.25) is 0 Å². The second-order valence-corrected chi connectivity index (χ2v) is 4.80. The average Bonchev–Trinajstić information content (AvgIpc) is 2.37. The number of nitrogens with one attached hydrogen (secondary N) is 1. The molecule has 98 valence electrons. The molecule has 0 radical (unpaired) electrons. The summed E-state index contributed by atoms with van der Waals surface area (Å²) >= 11 is 0. The molecular weight excluding hydrogens is 228 g/mol. The van der Waals surface area contributed by atoms with Gasteiger partial charge in [0.25, 0.3) is 0 Å². The third-order valence-electron chi connectivity index (χ3n) is 3.25. The van der Waals surface area contributed by atoms with Crippen LogP contribution >= 0.6 is 0 Å². The summed E-state index contributed by atoms with van der Waals surface area (Å²) in [5.74, 6) is 0. The number of hydrogen-bond donors (Lipinski definition) is 1. The van der Waals surface area contributed by atoms with Gasteiger partial charge in [-0.2, -0.15) is 0 Å². The number of ether oxygens (including phenoxy) is 1. The zero-order valence-corrected chi connectivity index (χ0v) is 10.9. The highest BCUT2D eigenvalue weighted by molar-refractivity contribution is 5.68. The number of nitrogens with zero attached hydrogens (tertiary/aromatic N) is 1. The predicted octanol–water partition coefficient (Wildman–Crippen LogP) is 2.01. The molecule has 1 heterocycles. The smallest absolute Gasteiger partial charge is 0.410 e. The lowest BCUT2D eigenvalue weighted by Crippen LogP contribution is -2.57. The first-order valence-corrected chi connectivity index (χ1v) is 6.38. The van der Waals surface area contributed by atoms with E-state index in [0.717, 1.165) is 18.7 Å². The van der Waals surface area contributed by atoms with Gasteiger partial charge in [-0.3, -0.25) is 0 Å². The largest absolute Gasteiger partial charge is 0.445 e. The molecule has 1 aliphatic rings. The highest BCUT2D eigenvalue weighted by Crippen LogP contribution is 2.12. The number of rotatable bonds is 2. The first-order chi connectivity index (χ1) is 8.68. The summed E-state index contributed by atoms with van der Waals surface area (Å²) in [7, 11) is 0. The van der Waals surface area contributed by atoms with Gasteiger partial charge in [-0.25, -0.2) is 4.79 Å². The molecule has 4 heteroatoms. The van der Waals surface area contributed by atoms with Crippen molar-refractivity contribution < 1.29 is 9.53 Å². The molecule has 1 aromatic rings. The fourth-order valence-electron chi connectivity index (χ4n) is 2.29. The third kappa shape index (κ3) is 3.01. The Balaban J connectivity index is 1.91. The van der Waals surface area contributed by atoms with Crippen LogP contribution in [-0.4, -0.2) is 36.2 Å². The van der Waals surface area contributed by atoms with E-state index in [4.69, 9.17) is 4.74 Å². The Bertz CT molecular complexity index is 384. The molecule has 2 atom stereocenters. The van der Waals surface area contributed by atoms with Gasteiger partial charge in [0.2, 0.25) is 0 Å². The van der Waals surface area contributed by atoms with Crippen molar-refractivity contribution in [3.05, 3.63) is 35.9 Å². The lowest BCUT2D eigenvalue weighted by atomic mass is 10.1. The Kier molecular flexibility index (Phi) is 4.20. The molecular formula is C14H20N2O2. The molecule has 0 aromatic heterocycles. The van der Waals surface area contributed by atoms with E-state index in [0.29, 0.717) is 6.61 Å². The maximum atomic E-state index is 12.1. The highest BCUT2D eigenvalue weighted by atomic mass is 16.6. The minimum Gasteiger partial charge on any atom is -0.445 e. The van der Waals surface area contributed by atoms with Gasteiger partial charge in [-0.1, -0.05) is 30.3 Å². The van der Waals surface area contributed by atoms with Gasteiger partial charge in [-0.05, 0) is 19.4 Å². The average molecular weight is 248 g/mol. The fourth-order valence-corrected chi connectivity index (χ4v) is 2.29. The lowest BCUT2D eigenvalue weighted by Gasteiger charge is -2.38. The molecule has 2 rings (SSSR count). The minimum absolute atomic E-state index is 0.178. The van der Waals surface area contributed by atoms with E-state index < -0.39 is 0 Å². The molecule has 0 unspecified atom stereocenters. The van der Waals surface area contributed by atoms with Gasteiger partial charge in [0, 0.05) is 25.2 Å². The zero-order valence-electron chi connectivity index (χ0n) is 10.9. The van der Waals surface area contributed by atoms with Crippen molar-refractivity contribution in [2.45, 2.75) is 32.5 Å². The van der Waals surface area contributed by atoms with Crippen LogP contribution in [0, 0.1) is 0 Å². The molecule has 1 saturated heterocycles. The van der Waals surface area contributed by atoms with Gasteiger partial charge < -0.3 is 15.0 Å². The summed E-state index contributed by atoms with van der Waals surface area (Å²) < 4.78 is 5.37. The van der Waals surface area contributed by atoms with Crippen LogP contribution in [-0.2, 0) is 11.3 Å². The van der Waals surface area contributed by atoms with Crippen LogP contribution < -0.4 is 5.32 Å². The number of amides is 1. The van der Waals surface area contributed by atoms with Crippen LogP contribution in [0.15, 0.2) is 30.3 Å². The lowest BCUT2D eigenvalue weighted by molar-refractivity contribution is 0.0564. The molecule has 1 amide bonds. The number of piperazine rings is 1. The van der Waals surface area contributed by atoms with E-state index in [1.165, 1.54) is 0 Å². The maximum absolute atomic E-state index is 12.1. The van der Waals surface area contributed by atoms with Crippen molar-refractivity contribution in [1.82, 2.24) is 10.2 Å². The minimum atomic E-state index is -0.222. The molecule has 1 fully saturated rings. The fraction of sp³-hybridized carbons (Fsp3) is 0.500. The Morgan fingerprint density at radius 2 is 1.89 bits per heavy atom. The molecule has 0 spiro atoms. The van der Waals surface area contributed by atoms with Crippen LogP contribution in [0.1, 0.15) is 19.4 Å². The van der Waals surface area contributed by atoms with Crippen molar-refractivity contribution >= 4 is 6.09 Å². The van der Waals surface area contributed by atoms with Crippen LogP contribution in [0.25, 0.3) is 0 Å². The Morgan fingerprint density at radius 1 is 1.28 bits per heavy atom. The molecule has 1 aliphatic heterocycles. The van der Waals surface area contributed by atoms with E-state index in [1.807, 2.05) is 49.1 Å². The van der Waals surface area contributed by atoms with Gasteiger partial charge in [0.15, 0.2) is 0 Å². The monoisotopic (exact) mass is 248 g/mol. The first kappa shape index (κ1) is 12.9. The van der Waals surface area contributed by atoms with E-state index in [2.05, 4.69) is 5.32 Å². The molecule has 0 bridgehead atoms. The normalized spacial score (nSPS) is 23.8. The van der Waals surface area contributed by atoms with Crippen molar-refractivity contribution in [3.8, 4) is 0 Å². The van der Waals surface area contributed by atoms with E-state index in [-0.39, 0.29) is 18.2 Å². The number of carbonyl (C=O) groups excluding carboxylic acids is 1. The van der Waals surface area contributed by atoms with E-state index >= 15 is 0 Å². The molecule has 1 N–H and O–H groups in total. The van der Waals surface area contributed by atoms with Crippen molar-refractivity contribution in [2.24, 2.45) is 0 Å². The summed E-state index contributed by atoms with van der Waals surface area (Å²) in [5, 5.41) is 3.29. The third-order valence-corrected chi connectivity index (χ3v) is 3.25. The van der Waals surface area contributed by atoms with Crippen LogP contribution in [0.5, 0.6) is 0 Å². The van der Waals surface area contributed by atoms with Gasteiger partial charge >= 0.3 is 6.09 Å². The number of benzene rings is 1. The zero-order chi connectivity index (χ0) is 13.0. The van der Waals surface area contributed by atoms with Crippen LogP contribution in [0.3, 0.4) is 0 Å². The quantitative estimate of drug-likeness (QED) is 0.870. The molecule has 18 heavy (non-hydrogen) atoms. The summed E-state index contributed by atoms with van der Waals surface area (Å²) in [5.41, 5.74) is 1.02. The standard InChI is InChI=1S/C14H20N2O2/c1-11-8-15-9-12(2)16(11)14(17)18-10-13-6-4-3-5-7-13/h3-7,11-12,15H,8-10H2,1-2H3/t11-,12-/m0/s1. The van der Waals surface area contributed by atoms with Gasteiger partial charge in [-0.15, -0.1) is 0 Å². The molecule has 0 aliphatic carbocycles. The van der Waals surface area contributed by atoms with Gasteiger partial charge in [0.05, 0.1) is 0 Å². The first-order valence-electron chi connectivity index (χ1n) is 6.38. The van der Waals surface area contributed by atoms with Crippen molar-refractivity contribution in [2.75, 3.05) is 13.1 Å². The van der Waals surface area contributed by atoms with E-state index in [1.54, 1.807) is 0 Å². The van der Waals surface area contributed by atoms with E-state index in [9.17, 15) is 4.79 Å². The number of hydrogen-bond acceptors (Lipinski definition) is 3. The summed E-state index contributed by atoms with van der Waals surface area (Å²) in [6.45, 7) is 6.05. The Hall–Kier alpha value is -1.55. The van der Waals surface area contributed by atoms with Gasteiger partial charge in [0.1, 0.15) is 6.61 Å². The predicted molar refractivity (Wildman–Crippen MR) is 70.3 cm³/mol. The van der Waals surface area contributed by atoms with Crippen LogP contribution in [0.4, 0.5) is 4.79 Å². The molecule has 0 saturated carbocycles.